The van der Waals surface area contributed by atoms with Gasteiger partial charge in [0, 0.05) is 11.2 Å². The minimum Gasteiger partial charge on any atom is -0.224 e. The zero-order chi connectivity index (χ0) is 13.3. The fourth-order valence-corrected chi connectivity index (χ4v) is 2.50. The first-order valence-corrected chi connectivity index (χ1v) is 7.41. The van der Waals surface area contributed by atoms with Crippen LogP contribution in [0.5, 0.6) is 0 Å². The molecule has 0 aromatic heterocycles. The van der Waals surface area contributed by atoms with Gasteiger partial charge in [0.2, 0.25) is 0 Å². The number of halogens is 3. The number of rotatable bonds is 3. The highest BCUT2D eigenvalue weighted by Crippen LogP contribution is 2.34. The van der Waals surface area contributed by atoms with Gasteiger partial charge in [-0.2, -0.15) is 13.2 Å². The van der Waals surface area contributed by atoms with Crippen molar-refractivity contribution in [3.8, 4) is 0 Å². The molecule has 7 heteroatoms. The lowest BCUT2D eigenvalue weighted by atomic mass is 10.4. The molecule has 0 unspecified atom stereocenters. The molecule has 2 nitrogen and oxygen atoms in total. The van der Waals surface area contributed by atoms with Crippen LogP contribution in [-0.4, -0.2) is 26.1 Å². The zero-order valence-corrected chi connectivity index (χ0v) is 10.8. The Morgan fingerprint density at radius 1 is 1.18 bits per heavy atom. The van der Waals surface area contributed by atoms with Gasteiger partial charge in [-0.25, -0.2) is 8.42 Å². The molecule has 1 atom stereocenters. The third kappa shape index (κ3) is 4.23. The Morgan fingerprint density at radius 2 is 1.65 bits per heavy atom. The van der Waals surface area contributed by atoms with Crippen molar-refractivity contribution in [2.45, 2.75) is 28.1 Å². The van der Waals surface area contributed by atoms with Crippen LogP contribution in [0.4, 0.5) is 13.2 Å². The van der Waals surface area contributed by atoms with Crippen molar-refractivity contribution in [1.82, 2.24) is 0 Å². The lowest BCUT2D eigenvalue weighted by Crippen LogP contribution is -2.21. The first kappa shape index (κ1) is 14.4. The summed E-state index contributed by atoms with van der Waals surface area (Å²) in [5, 5.41) is -1.52. The van der Waals surface area contributed by atoms with Crippen molar-refractivity contribution in [2.75, 3.05) is 6.26 Å². The normalized spacial score (nSPS) is 14.6. The summed E-state index contributed by atoms with van der Waals surface area (Å²) in [6.07, 6.45) is -3.21. The summed E-state index contributed by atoms with van der Waals surface area (Å²) in [6.45, 7) is 1.06. The van der Waals surface area contributed by atoms with E-state index < -0.39 is 21.3 Å². The van der Waals surface area contributed by atoms with Gasteiger partial charge in [0.15, 0.2) is 9.84 Å². The van der Waals surface area contributed by atoms with Gasteiger partial charge in [-0.05, 0) is 31.2 Å². The fraction of sp³-hybridized carbons (Fsp3) is 0.400. The van der Waals surface area contributed by atoms with E-state index in [0.717, 1.165) is 13.2 Å². The summed E-state index contributed by atoms with van der Waals surface area (Å²) < 4.78 is 59.1. The van der Waals surface area contributed by atoms with Crippen LogP contribution in [0.3, 0.4) is 0 Å². The Morgan fingerprint density at radius 3 is 2.00 bits per heavy atom. The Balaban J connectivity index is 2.83. The SMILES string of the molecule is C[C@@H](Sc1ccc(S(C)(=O)=O)cc1)C(F)(F)F. The second-order valence-electron chi connectivity index (χ2n) is 3.55. The molecule has 0 spiro atoms. The first-order valence-electron chi connectivity index (χ1n) is 4.64. The lowest BCUT2D eigenvalue weighted by Gasteiger charge is -2.14. The average Bonchev–Trinajstić information content (AvgIpc) is 2.15. The van der Waals surface area contributed by atoms with E-state index in [1.54, 1.807) is 0 Å². The minimum atomic E-state index is -4.26. The maximum Gasteiger partial charge on any atom is 0.400 e. The van der Waals surface area contributed by atoms with Gasteiger partial charge in [-0.3, -0.25) is 0 Å². The quantitative estimate of drug-likeness (QED) is 0.800. The molecule has 0 N–H and O–H groups in total. The predicted octanol–water partition coefficient (Wildman–Crippen LogP) is 3.13. The molecule has 1 aromatic rings. The third-order valence-electron chi connectivity index (χ3n) is 2.03. The molecule has 1 rings (SSSR count). The van der Waals surface area contributed by atoms with E-state index in [-0.39, 0.29) is 4.90 Å². The molecule has 0 aliphatic rings. The zero-order valence-electron chi connectivity index (χ0n) is 9.15. The number of hydrogen-bond donors (Lipinski definition) is 0. The van der Waals surface area contributed by atoms with E-state index in [2.05, 4.69) is 0 Å². The van der Waals surface area contributed by atoms with Crippen molar-refractivity contribution >= 4 is 21.6 Å². The standard InChI is InChI=1S/C10H11F3O2S2/c1-7(10(11,12)13)16-8-3-5-9(6-4-8)17(2,14)15/h3-7H,1-2H3/t7-/m1/s1. The van der Waals surface area contributed by atoms with E-state index >= 15 is 0 Å². The fourth-order valence-electron chi connectivity index (χ4n) is 1.04. The summed E-state index contributed by atoms with van der Waals surface area (Å²) in [4.78, 5) is 0.490. The van der Waals surface area contributed by atoms with Gasteiger partial charge in [-0.15, -0.1) is 11.8 Å². The van der Waals surface area contributed by atoms with Crippen LogP contribution in [0.15, 0.2) is 34.1 Å². The van der Waals surface area contributed by atoms with Crippen LogP contribution in [0.25, 0.3) is 0 Å². The van der Waals surface area contributed by atoms with Crippen molar-refractivity contribution in [1.29, 1.82) is 0 Å². The number of benzene rings is 1. The molecule has 0 heterocycles. The van der Waals surface area contributed by atoms with Crippen LogP contribution in [-0.2, 0) is 9.84 Å². The number of alkyl halides is 3. The van der Waals surface area contributed by atoms with Crippen LogP contribution in [0.1, 0.15) is 6.92 Å². The van der Waals surface area contributed by atoms with Gasteiger partial charge < -0.3 is 0 Å². The average molecular weight is 284 g/mol. The van der Waals surface area contributed by atoms with Crippen LogP contribution >= 0.6 is 11.8 Å². The molecule has 0 saturated carbocycles. The third-order valence-corrected chi connectivity index (χ3v) is 4.32. The van der Waals surface area contributed by atoms with Crippen molar-refractivity contribution in [2.24, 2.45) is 0 Å². The number of thioether (sulfide) groups is 1. The van der Waals surface area contributed by atoms with E-state index in [4.69, 9.17) is 0 Å². The van der Waals surface area contributed by atoms with Gasteiger partial charge in [-0.1, -0.05) is 0 Å². The monoisotopic (exact) mass is 284 g/mol. The first-order chi connectivity index (χ1) is 7.60. The lowest BCUT2D eigenvalue weighted by molar-refractivity contribution is -0.125. The molecule has 0 radical (unpaired) electrons. The maximum atomic E-state index is 12.3. The Labute approximate surface area is 102 Å². The van der Waals surface area contributed by atoms with Gasteiger partial charge in [0.25, 0.3) is 0 Å². The van der Waals surface area contributed by atoms with Gasteiger partial charge >= 0.3 is 6.18 Å². The Bertz CT molecular complexity index is 477. The summed E-state index contributed by atoms with van der Waals surface area (Å²) in [5.41, 5.74) is 0. The van der Waals surface area contributed by atoms with Crippen LogP contribution in [0.2, 0.25) is 0 Å². The Kier molecular flexibility index (Phi) is 4.14. The highest BCUT2D eigenvalue weighted by atomic mass is 32.2. The predicted molar refractivity (Wildman–Crippen MR) is 60.9 cm³/mol. The molecule has 1 aromatic carbocycles. The van der Waals surface area contributed by atoms with Crippen molar-refractivity contribution < 1.29 is 21.6 Å². The second kappa shape index (κ2) is 4.89. The Hall–Kier alpha value is -0.690. The topological polar surface area (TPSA) is 34.1 Å². The minimum absolute atomic E-state index is 0.0986. The van der Waals surface area contributed by atoms with Crippen LogP contribution < -0.4 is 0 Å². The molecular weight excluding hydrogens is 273 g/mol. The summed E-state index contributed by atoms with van der Waals surface area (Å²) in [6, 6.07) is 5.37. The molecule has 0 aliphatic heterocycles. The van der Waals surface area contributed by atoms with Crippen LogP contribution in [0, 0.1) is 0 Å². The molecular formula is C10H11F3O2S2. The molecule has 0 saturated heterocycles. The molecule has 0 amide bonds. The van der Waals surface area contributed by atoms with Gasteiger partial charge in [0.05, 0.1) is 4.90 Å². The highest BCUT2D eigenvalue weighted by Gasteiger charge is 2.36. The highest BCUT2D eigenvalue weighted by molar-refractivity contribution is 8.00. The summed E-state index contributed by atoms with van der Waals surface area (Å²) in [7, 11) is -3.31. The second-order valence-corrected chi connectivity index (χ2v) is 6.98. The van der Waals surface area contributed by atoms with Crippen molar-refractivity contribution in [3.05, 3.63) is 24.3 Å². The summed E-state index contributed by atoms with van der Waals surface area (Å²) >= 11 is 0.650. The molecule has 0 aliphatic carbocycles. The van der Waals surface area contributed by atoms with E-state index in [1.165, 1.54) is 24.3 Å². The molecule has 96 valence electrons. The maximum absolute atomic E-state index is 12.3. The summed E-state index contributed by atoms with van der Waals surface area (Å²) in [5.74, 6) is 0. The van der Waals surface area contributed by atoms with E-state index in [1.807, 2.05) is 0 Å². The molecule has 0 fully saturated rings. The van der Waals surface area contributed by atoms with E-state index in [9.17, 15) is 21.6 Å². The van der Waals surface area contributed by atoms with E-state index in [0.29, 0.717) is 16.7 Å². The van der Waals surface area contributed by atoms with Crippen molar-refractivity contribution in [3.63, 3.8) is 0 Å². The number of sulfone groups is 1. The largest absolute Gasteiger partial charge is 0.400 e. The van der Waals surface area contributed by atoms with Gasteiger partial charge in [0.1, 0.15) is 5.25 Å². The number of hydrogen-bond acceptors (Lipinski definition) is 3. The molecule has 0 bridgehead atoms. The molecule has 17 heavy (non-hydrogen) atoms. The smallest absolute Gasteiger partial charge is 0.224 e.